The molecule has 1 amide bonds. The van der Waals surface area contributed by atoms with Gasteiger partial charge in [0.05, 0.1) is 5.69 Å². The predicted molar refractivity (Wildman–Crippen MR) is 92.3 cm³/mol. The van der Waals surface area contributed by atoms with Gasteiger partial charge in [0, 0.05) is 23.4 Å². The maximum atomic E-state index is 12.8. The topological polar surface area (TPSA) is 46.9 Å². The Kier molecular flexibility index (Phi) is 6.21. The third kappa shape index (κ3) is 5.39. The van der Waals surface area contributed by atoms with Gasteiger partial charge in [-0.15, -0.1) is 11.8 Å². The van der Waals surface area contributed by atoms with Gasteiger partial charge in [0.2, 0.25) is 5.91 Å². The highest BCUT2D eigenvalue weighted by molar-refractivity contribution is 7.99. The first-order chi connectivity index (χ1) is 11.0. The van der Waals surface area contributed by atoms with E-state index in [1.165, 1.54) is 12.1 Å². The van der Waals surface area contributed by atoms with Crippen molar-refractivity contribution in [3.05, 3.63) is 41.8 Å². The summed E-state index contributed by atoms with van der Waals surface area (Å²) in [6, 6.07) is 8.49. The Hall–Kier alpha value is -1.82. The molecule has 0 aliphatic rings. The maximum absolute atomic E-state index is 12.8. The summed E-state index contributed by atoms with van der Waals surface area (Å²) in [4.78, 5) is 13.1. The van der Waals surface area contributed by atoms with Crippen molar-refractivity contribution in [1.82, 2.24) is 9.78 Å². The summed E-state index contributed by atoms with van der Waals surface area (Å²) in [5.74, 6) is 1.33. The zero-order valence-electron chi connectivity index (χ0n) is 13.7. The van der Waals surface area contributed by atoms with E-state index < -0.39 is 0 Å². The number of rotatable bonds is 7. The first-order valence-electron chi connectivity index (χ1n) is 7.70. The molecule has 6 heteroatoms. The molecule has 0 atom stereocenters. The van der Waals surface area contributed by atoms with E-state index in [0.717, 1.165) is 28.6 Å². The van der Waals surface area contributed by atoms with Crippen molar-refractivity contribution in [3.63, 3.8) is 0 Å². The van der Waals surface area contributed by atoms with Crippen molar-refractivity contribution in [1.29, 1.82) is 0 Å². The summed E-state index contributed by atoms with van der Waals surface area (Å²) >= 11 is 1.63. The Morgan fingerprint density at radius 2 is 2.04 bits per heavy atom. The predicted octanol–water partition coefficient (Wildman–Crippen LogP) is 4.42. The van der Waals surface area contributed by atoms with E-state index in [1.54, 1.807) is 23.9 Å². The first kappa shape index (κ1) is 17.5. The van der Waals surface area contributed by atoms with Gasteiger partial charge in [0.15, 0.2) is 0 Å². The number of nitrogens with zero attached hydrogens (tertiary/aromatic N) is 2. The highest BCUT2D eigenvalue weighted by Gasteiger charge is 2.11. The van der Waals surface area contributed by atoms with Crippen molar-refractivity contribution < 1.29 is 9.18 Å². The van der Waals surface area contributed by atoms with Crippen molar-refractivity contribution >= 4 is 23.5 Å². The molecule has 0 aliphatic carbocycles. The minimum atomic E-state index is -0.231. The smallest absolute Gasteiger partial charge is 0.225 e. The number of benzene rings is 1. The van der Waals surface area contributed by atoms with Crippen LogP contribution in [0, 0.1) is 12.7 Å². The molecule has 0 aliphatic heterocycles. The number of aryl methyl sites for hydroxylation is 1. The number of thioether (sulfide) groups is 1. The molecule has 0 unspecified atom stereocenters. The fraction of sp³-hybridized carbons (Fsp3) is 0.412. The number of anilines is 1. The van der Waals surface area contributed by atoms with E-state index in [2.05, 4.69) is 10.4 Å². The van der Waals surface area contributed by atoms with Crippen molar-refractivity contribution in [2.24, 2.45) is 0 Å². The van der Waals surface area contributed by atoms with Crippen LogP contribution >= 0.6 is 11.8 Å². The molecule has 0 radical (unpaired) electrons. The molecule has 23 heavy (non-hydrogen) atoms. The number of hydrogen-bond acceptors (Lipinski definition) is 3. The van der Waals surface area contributed by atoms with Crippen LogP contribution in [0.2, 0.25) is 0 Å². The molecule has 0 fully saturated rings. The summed E-state index contributed by atoms with van der Waals surface area (Å²) in [6.07, 6.45) is 1.22. The number of carbonyl (C=O) groups excluding carboxylic acids is 1. The van der Waals surface area contributed by atoms with Crippen molar-refractivity contribution in [2.45, 2.75) is 44.6 Å². The van der Waals surface area contributed by atoms with Gasteiger partial charge in [-0.3, -0.25) is 4.79 Å². The van der Waals surface area contributed by atoms with Crippen LogP contribution in [0.15, 0.2) is 35.2 Å². The zero-order chi connectivity index (χ0) is 16.8. The number of halogens is 1. The molecule has 4 nitrogen and oxygen atoms in total. The molecule has 2 rings (SSSR count). The molecule has 1 heterocycles. The Morgan fingerprint density at radius 1 is 1.35 bits per heavy atom. The van der Waals surface area contributed by atoms with Crippen molar-refractivity contribution in [2.75, 3.05) is 11.1 Å². The second kappa shape index (κ2) is 8.15. The molecule has 1 aromatic heterocycles. The molecule has 0 saturated carbocycles. The number of carbonyl (C=O) groups is 1. The first-order valence-corrected chi connectivity index (χ1v) is 8.68. The molecule has 0 spiro atoms. The van der Waals surface area contributed by atoms with Crippen LogP contribution in [0.1, 0.15) is 38.4 Å². The minimum absolute atomic E-state index is 0.00786. The monoisotopic (exact) mass is 335 g/mol. The number of hydrogen-bond donors (Lipinski definition) is 1. The van der Waals surface area contributed by atoms with Crippen LogP contribution in [0.5, 0.6) is 0 Å². The molecular weight excluding hydrogens is 313 g/mol. The molecule has 0 saturated heterocycles. The van der Waals surface area contributed by atoms with Crippen LogP contribution in [0.25, 0.3) is 0 Å². The van der Waals surface area contributed by atoms with Gasteiger partial charge >= 0.3 is 0 Å². The summed E-state index contributed by atoms with van der Waals surface area (Å²) in [7, 11) is 0. The average molecular weight is 335 g/mol. The molecule has 0 bridgehead atoms. The van der Waals surface area contributed by atoms with Gasteiger partial charge < -0.3 is 5.32 Å². The second-order valence-electron chi connectivity index (χ2n) is 5.66. The van der Waals surface area contributed by atoms with E-state index in [1.807, 2.05) is 31.5 Å². The zero-order valence-corrected chi connectivity index (χ0v) is 14.5. The van der Waals surface area contributed by atoms with E-state index in [9.17, 15) is 9.18 Å². The van der Waals surface area contributed by atoms with Gasteiger partial charge in [0.1, 0.15) is 11.6 Å². The highest BCUT2D eigenvalue weighted by atomic mass is 32.2. The van der Waals surface area contributed by atoms with E-state index >= 15 is 0 Å². The standard InChI is InChI=1S/C17H22FN3OS/c1-12(2)21-16(11-13(3)20-21)19-17(22)5-4-10-23-15-8-6-14(18)7-9-15/h6-9,11-12H,4-5,10H2,1-3H3,(H,19,22). The third-order valence-electron chi connectivity index (χ3n) is 3.25. The number of nitrogens with one attached hydrogen (secondary N) is 1. The number of aromatic nitrogens is 2. The van der Waals surface area contributed by atoms with Gasteiger partial charge in [0.25, 0.3) is 0 Å². The van der Waals surface area contributed by atoms with Crippen molar-refractivity contribution in [3.8, 4) is 0 Å². The third-order valence-corrected chi connectivity index (χ3v) is 4.34. The molecular formula is C17H22FN3OS. The molecule has 1 N–H and O–H groups in total. The largest absolute Gasteiger partial charge is 0.311 e. The summed E-state index contributed by atoms with van der Waals surface area (Å²) in [6.45, 7) is 5.97. The minimum Gasteiger partial charge on any atom is -0.311 e. The van der Waals surface area contributed by atoms with Crippen LogP contribution in [0.4, 0.5) is 10.2 Å². The lowest BCUT2D eigenvalue weighted by Crippen LogP contribution is -2.16. The number of amides is 1. The highest BCUT2D eigenvalue weighted by Crippen LogP contribution is 2.20. The van der Waals surface area contributed by atoms with Gasteiger partial charge in [-0.05, 0) is 57.2 Å². The molecule has 124 valence electrons. The Labute approximate surface area is 140 Å². The Morgan fingerprint density at radius 3 is 2.70 bits per heavy atom. The van der Waals surface area contributed by atoms with E-state index in [0.29, 0.717) is 6.42 Å². The average Bonchev–Trinajstić information content (AvgIpc) is 2.86. The second-order valence-corrected chi connectivity index (χ2v) is 6.83. The fourth-order valence-electron chi connectivity index (χ4n) is 2.16. The van der Waals surface area contributed by atoms with E-state index in [-0.39, 0.29) is 17.8 Å². The van der Waals surface area contributed by atoms with Gasteiger partial charge in [-0.25, -0.2) is 9.07 Å². The lowest BCUT2D eigenvalue weighted by molar-refractivity contribution is -0.116. The summed E-state index contributed by atoms with van der Waals surface area (Å²) in [5, 5.41) is 7.30. The summed E-state index contributed by atoms with van der Waals surface area (Å²) < 4.78 is 14.6. The quantitative estimate of drug-likeness (QED) is 0.602. The van der Waals surface area contributed by atoms with Crippen LogP contribution < -0.4 is 5.32 Å². The van der Waals surface area contributed by atoms with Crippen LogP contribution in [-0.4, -0.2) is 21.4 Å². The van der Waals surface area contributed by atoms with Crippen LogP contribution in [-0.2, 0) is 4.79 Å². The lowest BCUT2D eigenvalue weighted by Gasteiger charge is -2.11. The van der Waals surface area contributed by atoms with E-state index in [4.69, 9.17) is 0 Å². The fourth-order valence-corrected chi connectivity index (χ4v) is 3.02. The maximum Gasteiger partial charge on any atom is 0.225 e. The molecule has 2 aromatic rings. The van der Waals surface area contributed by atoms with Gasteiger partial charge in [-0.1, -0.05) is 0 Å². The lowest BCUT2D eigenvalue weighted by atomic mass is 10.3. The SMILES string of the molecule is Cc1cc(NC(=O)CCCSc2ccc(F)cc2)n(C(C)C)n1. The normalized spacial score (nSPS) is 11.0. The Balaban J connectivity index is 1.76. The van der Waals surface area contributed by atoms with Crippen LogP contribution in [0.3, 0.4) is 0 Å². The molecule has 1 aromatic carbocycles. The Bertz CT molecular complexity index is 652. The van der Waals surface area contributed by atoms with Gasteiger partial charge in [-0.2, -0.15) is 5.10 Å². The summed E-state index contributed by atoms with van der Waals surface area (Å²) in [5.41, 5.74) is 0.890.